The molecule has 0 heterocycles. The molecule has 0 spiro atoms. The van der Waals surface area contributed by atoms with E-state index in [1.165, 1.54) is 18.4 Å². The normalized spacial score (nSPS) is 10.9. The maximum atomic E-state index is 8.69. The Labute approximate surface area is 110 Å². The zero-order valence-electron chi connectivity index (χ0n) is 11.6. The Morgan fingerprint density at radius 3 is 2.33 bits per heavy atom. The average Bonchev–Trinajstić information content (AvgIpc) is 2.39. The van der Waals surface area contributed by atoms with Crippen molar-refractivity contribution < 1.29 is 9.84 Å². The smallest absolute Gasteiger partial charge is 0.118 e. The molecule has 102 valence electrons. The minimum Gasteiger partial charge on any atom is -0.497 e. The quantitative estimate of drug-likeness (QED) is 0.685. The van der Waals surface area contributed by atoms with E-state index in [1.807, 2.05) is 12.1 Å². The molecule has 0 radical (unpaired) electrons. The second kappa shape index (κ2) is 8.95. The van der Waals surface area contributed by atoms with E-state index in [0.717, 1.165) is 31.7 Å². The molecule has 0 fully saturated rings. The summed E-state index contributed by atoms with van der Waals surface area (Å²) >= 11 is 0. The highest BCUT2D eigenvalue weighted by molar-refractivity contribution is 5.26. The van der Waals surface area contributed by atoms with Crippen LogP contribution >= 0.6 is 0 Å². The largest absolute Gasteiger partial charge is 0.497 e. The fourth-order valence-corrected chi connectivity index (χ4v) is 1.97. The van der Waals surface area contributed by atoms with Gasteiger partial charge >= 0.3 is 0 Å². The molecule has 0 aliphatic carbocycles. The van der Waals surface area contributed by atoms with Crippen LogP contribution in [0.15, 0.2) is 24.3 Å². The zero-order chi connectivity index (χ0) is 13.2. The molecule has 0 aromatic heterocycles. The van der Waals surface area contributed by atoms with Crippen molar-refractivity contribution >= 4 is 0 Å². The van der Waals surface area contributed by atoms with Crippen LogP contribution < -0.4 is 4.74 Å². The number of aliphatic hydroxyl groups excluding tert-OH is 1. The molecular weight excluding hydrogens is 226 g/mol. The van der Waals surface area contributed by atoms with Gasteiger partial charge < -0.3 is 14.7 Å². The minimum absolute atomic E-state index is 0.321. The number of hydrogen-bond acceptors (Lipinski definition) is 3. The van der Waals surface area contributed by atoms with Gasteiger partial charge in [-0.3, -0.25) is 0 Å². The fourth-order valence-electron chi connectivity index (χ4n) is 1.97. The maximum Gasteiger partial charge on any atom is 0.118 e. The molecule has 0 aliphatic heterocycles. The van der Waals surface area contributed by atoms with Crippen LogP contribution in [0.3, 0.4) is 0 Å². The van der Waals surface area contributed by atoms with Crippen LogP contribution in [0, 0.1) is 0 Å². The van der Waals surface area contributed by atoms with Crippen LogP contribution in [0.25, 0.3) is 0 Å². The third-order valence-corrected chi connectivity index (χ3v) is 3.06. The highest BCUT2D eigenvalue weighted by atomic mass is 16.5. The second-order valence-corrected chi connectivity index (χ2v) is 4.72. The lowest BCUT2D eigenvalue weighted by Gasteiger charge is -2.16. The first-order chi connectivity index (χ1) is 8.76. The van der Waals surface area contributed by atoms with Crippen LogP contribution in [-0.4, -0.2) is 37.3 Å². The number of unbranched alkanes of at least 4 members (excludes halogenated alkanes) is 3. The Morgan fingerprint density at radius 1 is 1.06 bits per heavy atom. The number of nitrogens with zero attached hydrogens (tertiary/aromatic N) is 1. The van der Waals surface area contributed by atoms with Crippen LogP contribution in [0.4, 0.5) is 0 Å². The molecule has 1 N–H and O–H groups in total. The Hall–Kier alpha value is -1.06. The van der Waals surface area contributed by atoms with Crippen molar-refractivity contribution in [3.63, 3.8) is 0 Å². The van der Waals surface area contributed by atoms with Gasteiger partial charge in [-0.05, 0) is 44.1 Å². The van der Waals surface area contributed by atoms with Gasteiger partial charge in [0.25, 0.3) is 0 Å². The Kier molecular flexibility index (Phi) is 7.46. The summed E-state index contributed by atoms with van der Waals surface area (Å²) in [4.78, 5) is 2.33. The van der Waals surface area contributed by atoms with E-state index in [1.54, 1.807) is 7.11 Å². The zero-order valence-corrected chi connectivity index (χ0v) is 11.6. The van der Waals surface area contributed by atoms with Gasteiger partial charge in [0.15, 0.2) is 0 Å². The van der Waals surface area contributed by atoms with E-state index in [9.17, 15) is 0 Å². The number of hydrogen-bond donors (Lipinski definition) is 1. The van der Waals surface area contributed by atoms with E-state index < -0.39 is 0 Å². The first-order valence-corrected chi connectivity index (χ1v) is 6.68. The van der Waals surface area contributed by atoms with Gasteiger partial charge in [0, 0.05) is 13.2 Å². The molecule has 0 atom stereocenters. The lowest BCUT2D eigenvalue weighted by atomic mass is 10.1. The number of benzene rings is 1. The lowest BCUT2D eigenvalue weighted by Crippen LogP contribution is -2.19. The second-order valence-electron chi connectivity index (χ2n) is 4.72. The Bertz CT molecular complexity index is 311. The Morgan fingerprint density at radius 2 is 1.72 bits per heavy atom. The molecule has 18 heavy (non-hydrogen) atoms. The van der Waals surface area contributed by atoms with Crippen LogP contribution in [-0.2, 0) is 6.54 Å². The van der Waals surface area contributed by atoms with E-state index >= 15 is 0 Å². The van der Waals surface area contributed by atoms with Crippen molar-refractivity contribution in [2.24, 2.45) is 0 Å². The summed E-state index contributed by atoms with van der Waals surface area (Å²) in [5.41, 5.74) is 1.31. The van der Waals surface area contributed by atoms with Crippen molar-refractivity contribution in [1.82, 2.24) is 4.90 Å². The number of ether oxygens (including phenoxy) is 1. The van der Waals surface area contributed by atoms with Crippen molar-refractivity contribution in [1.29, 1.82) is 0 Å². The first kappa shape index (κ1) is 15.0. The van der Waals surface area contributed by atoms with Gasteiger partial charge in [0.1, 0.15) is 5.75 Å². The van der Waals surface area contributed by atoms with Crippen LogP contribution in [0.1, 0.15) is 31.2 Å². The highest BCUT2D eigenvalue weighted by Crippen LogP contribution is 2.12. The summed E-state index contributed by atoms with van der Waals surface area (Å²) in [6, 6.07) is 8.23. The van der Waals surface area contributed by atoms with Gasteiger partial charge in [-0.15, -0.1) is 0 Å². The monoisotopic (exact) mass is 251 g/mol. The van der Waals surface area contributed by atoms with E-state index in [-0.39, 0.29) is 0 Å². The number of aliphatic hydroxyl groups is 1. The SMILES string of the molecule is COc1ccc(CN(C)CCCCCCO)cc1. The summed E-state index contributed by atoms with van der Waals surface area (Å²) in [6.07, 6.45) is 4.47. The van der Waals surface area contributed by atoms with Crippen molar-refractivity contribution in [3.05, 3.63) is 29.8 Å². The average molecular weight is 251 g/mol. The molecule has 1 aromatic rings. The first-order valence-electron chi connectivity index (χ1n) is 6.68. The van der Waals surface area contributed by atoms with Crippen molar-refractivity contribution in [2.75, 3.05) is 27.3 Å². The summed E-state index contributed by atoms with van der Waals surface area (Å²) in [7, 11) is 3.84. The topological polar surface area (TPSA) is 32.7 Å². The van der Waals surface area contributed by atoms with Crippen molar-refractivity contribution in [3.8, 4) is 5.75 Å². The molecule has 1 rings (SSSR count). The molecule has 0 amide bonds. The third kappa shape index (κ3) is 6.03. The Balaban J connectivity index is 2.20. The fraction of sp³-hybridized carbons (Fsp3) is 0.600. The van der Waals surface area contributed by atoms with Gasteiger partial charge in [0.05, 0.1) is 7.11 Å². The lowest BCUT2D eigenvalue weighted by molar-refractivity contribution is 0.277. The summed E-state index contributed by atoms with van der Waals surface area (Å²) in [6.45, 7) is 2.41. The van der Waals surface area contributed by atoms with Gasteiger partial charge in [0.2, 0.25) is 0 Å². The summed E-state index contributed by atoms with van der Waals surface area (Å²) < 4.78 is 5.14. The molecular formula is C15H25NO2. The molecule has 0 saturated heterocycles. The summed E-state index contributed by atoms with van der Waals surface area (Å²) in [5, 5.41) is 8.69. The van der Waals surface area contributed by atoms with Gasteiger partial charge in [-0.25, -0.2) is 0 Å². The van der Waals surface area contributed by atoms with E-state index in [2.05, 4.69) is 24.1 Å². The standard InChI is InChI=1S/C15H25NO2/c1-16(11-5-3-4-6-12-17)13-14-7-9-15(18-2)10-8-14/h7-10,17H,3-6,11-13H2,1-2H3. The molecule has 3 heteroatoms. The minimum atomic E-state index is 0.321. The van der Waals surface area contributed by atoms with E-state index in [4.69, 9.17) is 9.84 Å². The van der Waals surface area contributed by atoms with Crippen molar-refractivity contribution in [2.45, 2.75) is 32.2 Å². The molecule has 0 aliphatic rings. The third-order valence-electron chi connectivity index (χ3n) is 3.06. The predicted octanol–water partition coefficient (Wildman–Crippen LogP) is 2.68. The van der Waals surface area contributed by atoms with Crippen LogP contribution in [0.2, 0.25) is 0 Å². The number of methoxy groups -OCH3 is 1. The summed E-state index contributed by atoms with van der Waals surface area (Å²) in [5.74, 6) is 0.908. The van der Waals surface area contributed by atoms with Crippen LogP contribution in [0.5, 0.6) is 5.75 Å². The molecule has 0 saturated carbocycles. The van der Waals surface area contributed by atoms with Gasteiger partial charge in [-0.1, -0.05) is 25.0 Å². The van der Waals surface area contributed by atoms with Gasteiger partial charge in [-0.2, -0.15) is 0 Å². The molecule has 3 nitrogen and oxygen atoms in total. The maximum absolute atomic E-state index is 8.69. The predicted molar refractivity (Wildman–Crippen MR) is 74.9 cm³/mol. The number of rotatable bonds is 9. The molecule has 1 aromatic carbocycles. The highest BCUT2D eigenvalue weighted by Gasteiger charge is 2.00. The molecule has 0 unspecified atom stereocenters. The molecule has 0 bridgehead atoms. The van der Waals surface area contributed by atoms with E-state index in [0.29, 0.717) is 6.61 Å².